The molecule has 0 radical (unpaired) electrons. The van der Waals surface area contributed by atoms with Crippen molar-refractivity contribution in [2.45, 2.75) is 6.92 Å². The summed E-state index contributed by atoms with van der Waals surface area (Å²) in [5.74, 6) is -0.122. The summed E-state index contributed by atoms with van der Waals surface area (Å²) in [5, 5.41) is 1.03. The number of carbonyl (C=O) groups is 1. The van der Waals surface area contributed by atoms with E-state index in [1.165, 1.54) is 6.08 Å². The van der Waals surface area contributed by atoms with E-state index in [4.69, 9.17) is 27.9 Å². The number of hydrogen-bond donors (Lipinski definition) is 0. The molecule has 21 heavy (non-hydrogen) atoms. The zero-order chi connectivity index (χ0) is 15.4. The van der Waals surface area contributed by atoms with Crippen LogP contribution in [0.4, 0.5) is 0 Å². The van der Waals surface area contributed by atoms with Gasteiger partial charge in [-0.3, -0.25) is 0 Å². The molecule has 0 heterocycles. The standard InChI is InChI=1S/C16H11BrCl2O2/c1-10-8-12(17)9-14(19)16(10)21-15(20)7-4-11-2-5-13(18)6-3-11/h2-9H,1H3/b7-4+. The Balaban J connectivity index is 2.10. The molecule has 108 valence electrons. The summed E-state index contributed by atoms with van der Waals surface area (Å²) in [6.45, 7) is 1.82. The molecule has 0 spiro atoms. The highest BCUT2D eigenvalue weighted by Crippen LogP contribution is 2.32. The highest BCUT2D eigenvalue weighted by Gasteiger charge is 2.10. The third kappa shape index (κ3) is 4.60. The summed E-state index contributed by atoms with van der Waals surface area (Å²) in [6.07, 6.45) is 3.00. The first kappa shape index (κ1) is 16.1. The summed E-state index contributed by atoms with van der Waals surface area (Å²) in [6, 6.07) is 10.6. The maximum absolute atomic E-state index is 11.8. The number of halogens is 3. The second-order valence-corrected chi connectivity index (χ2v) is 6.10. The van der Waals surface area contributed by atoms with Crippen molar-refractivity contribution >= 4 is 51.2 Å². The van der Waals surface area contributed by atoms with Gasteiger partial charge in [0.25, 0.3) is 0 Å². The Hall–Kier alpha value is -1.29. The molecule has 0 unspecified atom stereocenters. The van der Waals surface area contributed by atoms with E-state index in [1.54, 1.807) is 24.3 Å². The Morgan fingerprint density at radius 2 is 1.86 bits per heavy atom. The van der Waals surface area contributed by atoms with E-state index in [9.17, 15) is 4.79 Å². The van der Waals surface area contributed by atoms with Crippen molar-refractivity contribution in [3.8, 4) is 5.75 Å². The average Bonchev–Trinajstić information content (AvgIpc) is 2.42. The number of carbonyl (C=O) groups excluding carboxylic acids is 1. The molecule has 2 rings (SSSR count). The molecule has 0 saturated heterocycles. The molecule has 0 saturated carbocycles. The van der Waals surface area contributed by atoms with Crippen LogP contribution in [0.2, 0.25) is 10.0 Å². The molecule has 0 atom stereocenters. The number of ether oxygens (including phenoxy) is 1. The van der Waals surface area contributed by atoms with Crippen molar-refractivity contribution < 1.29 is 9.53 Å². The van der Waals surface area contributed by atoms with Crippen LogP contribution in [-0.2, 0) is 4.79 Å². The monoisotopic (exact) mass is 384 g/mol. The number of aryl methyl sites for hydroxylation is 1. The molecule has 2 aromatic rings. The molecular formula is C16H11BrCl2O2. The molecule has 5 heteroatoms. The summed E-state index contributed by atoms with van der Waals surface area (Å²) >= 11 is 15.2. The molecule has 0 N–H and O–H groups in total. The molecule has 0 aliphatic rings. The van der Waals surface area contributed by atoms with Gasteiger partial charge in [-0.05, 0) is 48.4 Å². The maximum Gasteiger partial charge on any atom is 0.336 e. The largest absolute Gasteiger partial charge is 0.421 e. The normalized spacial score (nSPS) is 10.9. The first-order valence-corrected chi connectivity index (χ1v) is 7.61. The van der Waals surface area contributed by atoms with Gasteiger partial charge >= 0.3 is 5.97 Å². The Bertz CT molecular complexity index is 671. The van der Waals surface area contributed by atoms with Crippen LogP contribution in [0.15, 0.2) is 46.9 Å². The maximum atomic E-state index is 11.8. The molecule has 0 aliphatic carbocycles. The van der Waals surface area contributed by atoms with Gasteiger partial charge in [0, 0.05) is 15.6 Å². The number of rotatable bonds is 3. The first-order valence-electron chi connectivity index (χ1n) is 6.07. The molecule has 0 bridgehead atoms. The summed E-state index contributed by atoms with van der Waals surface area (Å²) in [5.41, 5.74) is 1.64. The Labute approximate surface area is 141 Å². The van der Waals surface area contributed by atoms with Gasteiger partial charge in [-0.1, -0.05) is 51.3 Å². The SMILES string of the molecule is Cc1cc(Br)cc(Cl)c1OC(=O)/C=C/c1ccc(Cl)cc1. The average molecular weight is 386 g/mol. The number of hydrogen-bond acceptors (Lipinski definition) is 2. The third-order valence-corrected chi connectivity index (χ3v) is 3.67. The van der Waals surface area contributed by atoms with E-state index in [-0.39, 0.29) is 0 Å². The zero-order valence-electron chi connectivity index (χ0n) is 11.1. The van der Waals surface area contributed by atoms with Crippen LogP contribution in [0.1, 0.15) is 11.1 Å². The predicted molar refractivity (Wildman–Crippen MR) is 90.0 cm³/mol. The van der Waals surface area contributed by atoms with Gasteiger partial charge in [-0.25, -0.2) is 4.79 Å². The quantitative estimate of drug-likeness (QED) is 0.385. The fraction of sp³-hybridized carbons (Fsp3) is 0.0625. The summed E-state index contributed by atoms with van der Waals surface area (Å²) < 4.78 is 6.11. The van der Waals surface area contributed by atoms with Crippen LogP contribution in [0.25, 0.3) is 6.08 Å². The lowest BCUT2D eigenvalue weighted by molar-refractivity contribution is -0.128. The van der Waals surface area contributed by atoms with Crippen molar-refractivity contribution in [1.29, 1.82) is 0 Å². The minimum absolute atomic E-state index is 0.366. The number of benzene rings is 2. The lowest BCUT2D eigenvalue weighted by Gasteiger charge is -2.08. The lowest BCUT2D eigenvalue weighted by Crippen LogP contribution is -2.05. The second-order valence-electron chi connectivity index (χ2n) is 4.34. The van der Waals surface area contributed by atoms with Gasteiger partial charge in [0.05, 0.1) is 5.02 Å². The first-order chi connectivity index (χ1) is 9.95. The van der Waals surface area contributed by atoms with Crippen LogP contribution in [0.3, 0.4) is 0 Å². The highest BCUT2D eigenvalue weighted by atomic mass is 79.9. The fourth-order valence-electron chi connectivity index (χ4n) is 1.69. The van der Waals surface area contributed by atoms with Crippen LogP contribution < -0.4 is 4.74 Å². The van der Waals surface area contributed by atoms with Crippen molar-refractivity contribution in [2.75, 3.05) is 0 Å². The van der Waals surface area contributed by atoms with E-state index in [0.717, 1.165) is 15.6 Å². The van der Waals surface area contributed by atoms with Crippen molar-refractivity contribution in [2.24, 2.45) is 0 Å². The minimum atomic E-state index is -0.489. The summed E-state index contributed by atoms with van der Waals surface area (Å²) in [7, 11) is 0. The van der Waals surface area contributed by atoms with Gasteiger partial charge in [0.2, 0.25) is 0 Å². The van der Waals surface area contributed by atoms with Gasteiger partial charge < -0.3 is 4.74 Å². The molecule has 2 nitrogen and oxygen atoms in total. The van der Waals surface area contributed by atoms with Gasteiger partial charge in [0.1, 0.15) is 0 Å². The van der Waals surface area contributed by atoms with Gasteiger partial charge in [-0.15, -0.1) is 0 Å². The molecular weight excluding hydrogens is 375 g/mol. The van der Waals surface area contributed by atoms with E-state index in [2.05, 4.69) is 15.9 Å². The molecule has 0 fully saturated rings. The Kier molecular flexibility index (Phi) is 5.45. The molecule has 0 amide bonds. The van der Waals surface area contributed by atoms with E-state index in [0.29, 0.717) is 15.8 Å². The van der Waals surface area contributed by atoms with E-state index < -0.39 is 5.97 Å². The fourth-order valence-corrected chi connectivity index (χ4v) is 2.83. The van der Waals surface area contributed by atoms with Crippen molar-refractivity contribution in [1.82, 2.24) is 0 Å². The van der Waals surface area contributed by atoms with Crippen LogP contribution in [-0.4, -0.2) is 5.97 Å². The van der Waals surface area contributed by atoms with Crippen molar-refractivity contribution in [3.63, 3.8) is 0 Å². The predicted octanol–water partition coefficient (Wildman–Crippen LogP) is 5.68. The lowest BCUT2D eigenvalue weighted by atomic mass is 10.2. The van der Waals surface area contributed by atoms with E-state index in [1.807, 2.05) is 25.1 Å². The topological polar surface area (TPSA) is 26.3 Å². The second kappa shape index (κ2) is 7.12. The highest BCUT2D eigenvalue weighted by molar-refractivity contribution is 9.10. The van der Waals surface area contributed by atoms with Gasteiger partial charge in [0.15, 0.2) is 5.75 Å². The molecule has 2 aromatic carbocycles. The van der Waals surface area contributed by atoms with Gasteiger partial charge in [-0.2, -0.15) is 0 Å². The van der Waals surface area contributed by atoms with Crippen LogP contribution in [0, 0.1) is 6.92 Å². The smallest absolute Gasteiger partial charge is 0.336 e. The molecule has 0 aliphatic heterocycles. The van der Waals surface area contributed by atoms with Crippen LogP contribution >= 0.6 is 39.1 Å². The summed E-state index contributed by atoms with van der Waals surface area (Å²) in [4.78, 5) is 11.8. The van der Waals surface area contributed by atoms with Crippen molar-refractivity contribution in [3.05, 3.63) is 68.1 Å². The van der Waals surface area contributed by atoms with E-state index >= 15 is 0 Å². The number of esters is 1. The third-order valence-electron chi connectivity index (χ3n) is 2.68. The Morgan fingerprint density at radius 3 is 2.48 bits per heavy atom. The minimum Gasteiger partial charge on any atom is -0.421 e. The molecule has 0 aromatic heterocycles. The van der Waals surface area contributed by atoms with Crippen LogP contribution in [0.5, 0.6) is 5.75 Å². The zero-order valence-corrected chi connectivity index (χ0v) is 14.2. The Morgan fingerprint density at radius 1 is 1.19 bits per heavy atom.